The maximum absolute atomic E-state index is 12.5. The van der Waals surface area contributed by atoms with Crippen LogP contribution in [-0.4, -0.2) is 26.7 Å². The Balaban J connectivity index is 1.62. The standard InChI is InChI=1S/C24H35N3O3/c1-24(2,3)29-22(28)17-20(11-7-10-18-8-5-4-6-9-18)23-26-21(27-30-23)16-19-12-14-25-15-13-19/h12-15,18,20H,4-11,16-17H2,1-3H3/t20-/m0/s1. The molecular formula is C24H35N3O3. The molecule has 164 valence electrons. The number of aromatic nitrogens is 3. The van der Waals surface area contributed by atoms with Crippen molar-refractivity contribution >= 4 is 5.97 Å². The minimum absolute atomic E-state index is 0.0952. The minimum Gasteiger partial charge on any atom is -0.460 e. The molecule has 2 aromatic rings. The van der Waals surface area contributed by atoms with Gasteiger partial charge in [0.15, 0.2) is 5.82 Å². The first-order chi connectivity index (χ1) is 14.4. The Morgan fingerprint density at radius 3 is 2.63 bits per heavy atom. The van der Waals surface area contributed by atoms with E-state index in [0.717, 1.165) is 24.3 Å². The first kappa shape index (κ1) is 22.4. The summed E-state index contributed by atoms with van der Waals surface area (Å²) in [6.45, 7) is 5.67. The molecule has 1 aliphatic carbocycles. The van der Waals surface area contributed by atoms with E-state index < -0.39 is 5.60 Å². The number of hydrogen-bond donors (Lipinski definition) is 0. The second kappa shape index (κ2) is 10.7. The van der Waals surface area contributed by atoms with Gasteiger partial charge in [-0.2, -0.15) is 4.98 Å². The molecule has 1 aliphatic rings. The smallest absolute Gasteiger partial charge is 0.307 e. The Hall–Kier alpha value is -2.24. The quantitative estimate of drug-likeness (QED) is 0.496. The third-order valence-corrected chi connectivity index (χ3v) is 5.67. The highest BCUT2D eigenvalue weighted by Crippen LogP contribution is 2.31. The SMILES string of the molecule is CC(C)(C)OC(=O)C[C@H](CCCC1CCCCC1)c1nc(Cc2ccncc2)no1. The van der Waals surface area contributed by atoms with Gasteiger partial charge in [0.1, 0.15) is 5.60 Å². The fraction of sp³-hybridized carbons (Fsp3) is 0.667. The highest BCUT2D eigenvalue weighted by atomic mass is 16.6. The maximum Gasteiger partial charge on any atom is 0.307 e. The largest absolute Gasteiger partial charge is 0.460 e. The van der Waals surface area contributed by atoms with Crippen molar-refractivity contribution in [1.29, 1.82) is 0 Å². The van der Waals surface area contributed by atoms with Gasteiger partial charge in [-0.3, -0.25) is 9.78 Å². The molecule has 0 unspecified atom stereocenters. The molecular weight excluding hydrogens is 378 g/mol. The van der Waals surface area contributed by atoms with Gasteiger partial charge in [-0.1, -0.05) is 50.1 Å². The van der Waals surface area contributed by atoms with Crippen molar-refractivity contribution in [2.75, 3.05) is 0 Å². The molecule has 0 aliphatic heterocycles. The van der Waals surface area contributed by atoms with Crippen molar-refractivity contribution in [2.24, 2.45) is 5.92 Å². The van der Waals surface area contributed by atoms with Gasteiger partial charge in [0.05, 0.1) is 6.42 Å². The highest BCUT2D eigenvalue weighted by molar-refractivity contribution is 5.70. The Morgan fingerprint density at radius 2 is 1.93 bits per heavy atom. The second-order valence-electron chi connectivity index (χ2n) is 9.50. The molecule has 2 aromatic heterocycles. The predicted octanol–water partition coefficient (Wildman–Crippen LogP) is 5.62. The van der Waals surface area contributed by atoms with Crippen LogP contribution in [-0.2, 0) is 16.0 Å². The number of pyridine rings is 1. The molecule has 0 radical (unpaired) electrons. The molecule has 0 bridgehead atoms. The third-order valence-electron chi connectivity index (χ3n) is 5.67. The fourth-order valence-electron chi connectivity index (χ4n) is 4.21. The summed E-state index contributed by atoms with van der Waals surface area (Å²) >= 11 is 0. The van der Waals surface area contributed by atoms with Gasteiger partial charge in [0.2, 0.25) is 5.89 Å². The summed E-state index contributed by atoms with van der Waals surface area (Å²) in [5.74, 6) is 1.71. The number of rotatable bonds is 9. The van der Waals surface area contributed by atoms with E-state index >= 15 is 0 Å². The average molecular weight is 414 g/mol. The van der Waals surface area contributed by atoms with E-state index in [1.54, 1.807) is 12.4 Å². The Morgan fingerprint density at radius 1 is 1.20 bits per heavy atom. The molecule has 6 nitrogen and oxygen atoms in total. The lowest BCUT2D eigenvalue weighted by molar-refractivity contribution is -0.155. The number of carbonyl (C=O) groups excluding carboxylic acids is 1. The van der Waals surface area contributed by atoms with Gasteiger partial charge in [-0.15, -0.1) is 0 Å². The molecule has 6 heteroatoms. The van der Waals surface area contributed by atoms with Crippen molar-refractivity contribution in [3.63, 3.8) is 0 Å². The van der Waals surface area contributed by atoms with E-state index in [2.05, 4.69) is 15.1 Å². The molecule has 0 aromatic carbocycles. The van der Waals surface area contributed by atoms with Crippen LogP contribution in [0.2, 0.25) is 0 Å². The molecule has 0 N–H and O–H groups in total. The molecule has 1 fully saturated rings. The highest BCUT2D eigenvalue weighted by Gasteiger charge is 2.26. The first-order valence-electron chi connectivity index (χ1n) is 11.3. The summed E-state index contributed by atoms with van der Waals surface area (Å²) in [5, 5.41) is 4.15. The van der Waals surface area contributed by atoms with Crippen LogP contribution in [0.5, 0.6) is 0 Å². The Bertz CT molecular complexity index is 776. The van der Waals surface area contributed by atoms with Crippen LogP contribution in [0.4, 0.5) is 0 Å². The van der Waals surface area contributed by atoms with E-state index in [-0.39, 0.29) is 18.3 Å². The van der Waals surface area contributed by atoms with Gasteiger partial charge >= 0.3 is 5.97 Å². The minimum atomic E-state index is -0.495. The van der Waals surface area contributed by atoms with Crippen LogP contribution in [0, 0.1) is 5.92 Å². The molecule has 2 heterocycles. The van der Waals surface area contributed by atoms with Crippen molar-refractivity contribution in [3.05, 3.63) is 41.8 Å². The monoisotopic (exact) mass is 413 g/mol. The zero-order valence-electron chi connectivity index (χ0n) is 18.6. The third kappa shape index (κ3) is 7.54. The predicted molar refractivity (Wildman–Crippen MR) is 115 cm³/mol. The summed E-state index contributed by atoms with van der Waals surface area (Å²) in [7, 11) is 0. The summed E-state index contributed by atoms with van der Waals surface area (Å²) in [4.78, 5) is 21.1. The molecule has 30 heavy (non-hydrogen) atoms. The van der Waals surface area contributed by atoms with Gasteiger partial charge in [-0.25, -0.2) is 0 Å². The van der Waals surface area contributed by atoms with E-state index in [1.807, 2.05) is 32.9 Å². The molecule has 0 amide bonds. The van der Waals surface area contributed by atoms with E-state index in [4.69, 9.17) is 9.26 Å². The van der Waals surface area contributed by atoms with Gasteiger partial charge in [0, 0.05) is 24.7 Å². The maximum atomic E-state index is 12.5. The van der Waals surface area contributed by atoms with Crippen molar-refractivity contribution in [2.45, 2.75) is 96.5 Å². The van der Waals surface area contributed by atoms with Crippen molar-refractivity contribution in [1.82, 2.24) is 15.1 Å². The zero-order chi connectivity index (χ0) is 21.4. The second-order valence-corrected chi connectivity index (χ2v) is 9.50. The summed E-state index contributed by atoms with van der Waals surface area (Å²) in [5.41, 5.74) is 0.587. The zero-order valence-corrected chi connectivity index (χ0v) is 18.6. The molecule has 1 atom stereocenters. The van der Waals surface area contributed by atoms with Crippen LogP contribution in [0.3, 0.4) is 0 Å². The van der Waals surface area contributed by atoms with Crippen molar-refractivity contribution < 1.29 is 14.1 Å². The summed E-state index contributed by atoms with van der Waals surface area (Å²) in [6.07, 6.45) is 14.3. The lowest BCUT2D eigenvalue weighted by Crippen LogP contribution is -2.25. The number of ether oxygens (including phenoxy) is 1. The first-order valence-corrected chi connectivity index (χ1v) is 11.3. The number of nitrogens with zero attached hydrogens (tertiary/aromatic N) is 3. The molecule has 3 rings (SSSR count). The van der Waals surface area contributed by atoms with Crippen LogP contribution in [0.15, 0.2) is 29.0 Å². The number of hydrogen-bond acceptors (Lipinski definition) is 6. The van der Waals surface area contributed by atoms with E-state index in [9.17, 15) is 4.79 Å². The topological polar surface area (TPSA) is 78.1 Å². The van der Waals surface area contributed by atoms with Gasteiger partial charge < -0.3 is 9.26 Å². The Kier molecular flexibility index (Phi) is 8.00. The average Bonchev–Trinajstić information content (AvgIpc) is 3.16. The van der Waals surface area contributed by atoms with Crippen LogP contribution in [0.1, 0.15) is 102 Å². The van der Waals surface area contributed by atoms with Gasteiger partial charge in [0.25, 0.3) is 0 Å². The van der Waals surface area contributed by atoms with Gasteiger partial charge in [-0.05, 0) is 50.8 Å². The number of esters is 1. The van der Waals surface area contributed by atoms with Crippen LogP contribution in [0.25, 0.3) is 0 Å². The summed E-state index contributed by atoms with van der Waals surface area (Å²) in [6, 6.07) is 3.89. The number of carbonyl (C=O) groups is 1. The normalized spacial score (nSPS) is 16.4. The van der Waals surface area contributed by atoms with Crippen molar-refractivity contribution in [3.8, 4) is 0 Å². The molecule has 1 saturated carbocycles. The Labute approximate surface area is 179 Å². The lowest BCUT2D eigenvalue weighted by atomic mass is 9.84. The van der Waals surface area contributed by atoms with Crippen LogP contribution < -0.4 is 0 Å². The molecule has 0 saturated heterocycles. The van der Waals surface area contributed by atoms with E-state index in [0.29, 0.717) is 18.1 Å². The summed E-state index contributed by atoms with van der Waals surface area (Å²) < 4.78 is 11.1. The fourth-order valence-corrected chi connectivity index (χ4v) is 4.21. The lowest BCUT2D eigenvalue weighted by Gasteiger charge is -2.23. The van der Waals surface area contributed by atoms with E-state index in [1.165, 1.54) is 38.5 Å². The molecule has 0 spiro atoms. The van der Waals surface area contributed by atoms with Crippen LogP contribution >= 0.6 is 0 Å².